The van der Waals surface area contributed by atoms with Crippen LogP contribution in [0.25, 0.3) is 0 Å². The van der Waals surface area contributed by atoms with Crippen molar-refractivity contribution in [3.05, 3.63) is 0 Å². The van der Waals surface area contributed by atoms with Crippen LogP contribution in [0, 0.1) is 16.6 Å². The second kappa shape index (κ2) is 13.3. The Morgan fingerprint density at radius 3 is 2.25 bits per heavy atom. The van der Waals surface area contributed by atoms with E-state index in [0.717, 1.165) is 12.5 Å². The molecule has 3 N–H and O–H groups in total. The maximum absolute atomic E-state index is 7.13. The Kier molecular flexibility index (Phi) is 15.7. The van der Waals surface area contributed by atoms with Crippen molar-refractivity contribution in [2.45, 2.75) is 39.5 Å². The molecule has 0 amide bonds. The molecule has 0 saturated heterocycles. The van der Waals surface area contributed by atoms with Crippen molar-refractivity contribution < 1.29 is 5.73 Å². The molecule has 0 aliphatic carbocycles. The molecule has 0 fully saturated rings. The summed E-state index contributed by atoms with van der Waals surface area (Å²) in [6.07, 6.45) is 5.41. The van der Waals surface area contributed by atoms with E-state index in [2.05, 4.69) is 32.2 Å². The molecule has 0 rings (SSSR count). The molecule has 0 aliphatic rings. The number of nitrogens with zero attached hydrogens (tertiary/aromatic N) is 1. The van der Waals surface area contributed by atoms with Gasteiger partial charge in [0.1, 0.15) is 0 Å². The van der Waals surface area contributed by atoms with Crippen molar-refractivity contribution in [3.8, 4) is 5.40 Å². The normalized spacial score (nSPS) is 10.8. The van der Waals surface area contributed by atoms with E-state index in [0.29, 0.717) is 0 Å². The number of quaternary nitrogens is 1. The van der Waals surface area contributed by atoms with Crippen LogP contribution in [-0.4, -0.2) is 6.54 Å². The molecule has 0 spiro atoms. The smallest absolute Gasteiger partial charge is 0.0768 e. The van der Waals surface area contributed by atoms with E-state index in [1.807, 2.05) is 0 Å². The van der Waals surface area contributed by atoms with Crippen molar-refractivity contribution in [2.24, 2.45) is 5.92 Å². The van der Waals surface area contributed by atoms with Gasteiger partial charge in [0.15, 0.2) is 0 Å². The molecule has 0 bridgehead atoms. The van der Waals surface area contributed by atoms with Crippen LogP contribution in [0.4, 0.5) is 0 Å². The minimum atomic E-state index is 0.893. The van der Waals surface area contributed by atoms with E-state index in [1.54, 1.807) is 0 Å². The van der Waals surface area contributed by atoms with Gasteiger partial charge < -0.3 is 18.4 Å². The number of nitriles is 1. The molecule has 12 heavy (non-hydrogen) atoms. The summed E-state index contributed by atoms with van der Waals surface area (Å²) in [6, 6.07) is 0. The van der Waals surface area contributed by atoms with Crippen molar-refractivity contribution in [1.29, 1.82) is 5.26 Å². The summed E-state index contributed by atoms with van der Waals surface area (Å²) in [5.74, 6) is 0.893. The monoisotopic (exact) mass is 188 g/mol. The molecule has 0 aromatic carbocycles. The SMILES string of the molecule is CCCCC(CC)C[NH3+].N#C[S-]. The predicted molar refractivity (Wildman–Crippen MR) is 54.0 cm³/mol. The van der Waals surface area contributed by atoms with Gasteiger partial charge in [-0.05, 0) is 12.8 Å². The fourth-order valence-electron chi connectivity index (χ4n) is 1.05. The summed E-state index contributed by atoms with van der Waals surface area (Å²) in [4.78, 5) is 0. The molecule has 0 heterocycles. The summed E-state index contributed by atoms with van der Waals surface area (Å²) in [5, 5.41) is 8.47. The van der Waals surface area contributed by atoms with Gasteiger partial charge in [0.25, 0.3) is 0 Å². The molecule has 0 aliphatic heterocycles. The third kappa shape index (κ3) is 12.4. The number of hydrogen-bond acceptors (Lipinski definition) is 2. The minimum absolute atomic E-state index is 0.893. The van der Waals surface area contributed by atoms with Crippen LogP contribution in [0.15, 0.2) is 0 Å². The standard InChI is InChI=1S/C8H19N.CHNS/c1-3-5-6-8(4-2)7-9;2-1-3/h8H,3-7,9H2,1-2H3;3H. The van der Waals surface area contributed by atoms with Gasteiger partial charge in [-0.1, -0.05) is 32.1 Å². The lowest BCUT2D eigenvalue weighted by Crippen LogP contribution is -2.53. The van der Waals surface area contributed by atoms with Gasteiger partial charge in [0, 0.05) is 5.92 Å². The fraction of sp³-hybridized carbons (Fsp3) is 0.889. The second-order valence-corrected chi connectivity index (χ2v) is 2.98. The van der Waals surface area contributed by atoms with Gasteiger partial charge in [0.05, 0.1) is 6.54 Å². The van der Waals surface area contributed by atoms with Crippen LogP contribution in [0.5, 0.6) is 0 Å². The highest BCUT2D eigenvalue weighted by Gasteiger charge is 2.02. The first-order chi connectivity index (χ1) is 5.76. The van der Waals surface area contributed by atoms with Gasteiger partial charge in [-0.3, -0.25) is 0 Å². The highest BCUT2D eigenvalue weighted by Crippen LogP contribution is 2.09. The van der Waals surface area contributed by atoms with E-state index < -0.39 is 0 Å². The van der Waals surface area contributed by atoms with E-state index in [-0.39, 0.29) is 0 Å². The maximum atomic E-state index is 7.13. The zero-order valence-electron chi connectivity index (χ0n) is 8.18. The third-order valence-electron chi connectivity index (χ3n) is 1.95. The van der Waals surface area contributed by atoms with E-state index in [4.69, 9.17) is 5.26 Å². The lowest BCUT2D eigenvalue weighted by Gasteiger charge is -2.07. The first-order valence-corrected chi connectivity index (χ1v) is 4.97. The molecule has 1 atom stereocenters. The summed E-state index contributed by atoms with van der Waals surface area (Å²) in [7, 11) is 0. The second-order valence-electron chi connectivity index (χ2n) is 2.80. The zero-order chi connectivity index (χ0) is 9.82. The molecule has 0 radical (unpaired) electrons. The lowest BCUT2D eigenvalue weighted by molar-refractivity contribution is -0.379. The molecule has 72 valence electrons. The minimum Gasteiger partial charge on any atom is -0.696 e. The van der Waals surface area contributed by atoms with Crippen molar-refractivity contribution in [1.82, 2.24) is 0 Å². The molecule has 0 aromatic heterocycles. The van der Waals surface area contributed by atoms with Gasteiger partial charge >= 0.3 is 0 Å². The number of rotatable bonds is 5. The Bertz CT molecular complexity index is 106. The summed E-state index contributed by atoms with van der Waals surface area (Å²) in [5.41, 5.74) is 3.91. The van der Waals surface area contributed by atoms with Crippen LogP contribution in [0.3, 0.4) is 0 Å². The number of thiocyanates is 1. The molecule has 0 saturated carbocycles. The van der Waals surface area contributed by atoms with E-state index >= 15 is 0 Å². The van der Waals surface area contributed by atoms with Crippen LogP contribution < -0.4 is 5.73 Å². The van der Waals surface area contributed by atoms with Crippen molar-refractivity contribution in [3.63, 3.8) is 0 Å². The average Bonchev–Trinajstić information content (AvgIpc) is 2.08. The van der Waals surface area contributed by atoms with Crippen LogP contribution in [0.1, 0.15) is 39.5 Å². The Labute approximate surface area is 81.6 Å². The summed E-state index contributed by atoms with van der Waals surface area (Å²) >= 11 is 3.70. The Balaban J connectivity index is 0. The van der Waals surface area contributed by atoms with Crippen molar-refractivity contribution in [2.75, 3.05) is 6.54 Å². The van der Waals surface area contributed by atoms with Crippen LogP contribution in [-0.2, 0) is 12.6 Å². The third-order valence-corrected chi connectivity index (χ3v) is 1.95. The topological polar surface area (TPSA) is 51.4 Å². The first kappa shape index (κ1) is 14.2. The lowest BCUT2D eigenvalue weighted by atomic mass is 10.00. The van der Waals surface area contributed by atoms with Gasteiger partial charge in [-0.2, -0.15) is 0 Å². The fourth-order valence-corrected chi connectivity index (χ4v) is 1.05. The van der Waals surface area contributed by atoms with Gasteiger partial charge in [0.2, 0.25) is 0 Å². The predicted octanol–water partition coefficient (Wildman–Crippen LogP) is 1.46. The molecule has 1 unspecified atom stereocenters. The van der Waals surface area contributed by atoms with Gasteiger partial charge in [-0.25, -0.2) is 5.26 Å². The highest BCUT2D eigenvalue weighted by molar-refractivity contribution is 7.64. The van der Waals surface area contributed by atoms with E-state index in [9.17, 15) is 0 Å². The Morgan fingerprint density at radius 2 is 2.00 bits per heavy atom. The largest absolute Gasteiger partial charge is 0.696 e. The van der Waals surface area contributed by atoms with Gasteiger partial charge in [-0.15, -0.1) is 0 Å². The summed E-state index contributed by atoms with van der Waals surface area (Å²) in [6.45, 7) is 5.62. The first-order valence-electron chi connectivity index (χ1n) is 4.57. The van der Waals surface area contributed by atoms with Crippen LogP contribution >= 0.6 is 0 Å². The number of hydrogen-bond donors (Lipinski definition) is 1. The maximum Gasteiger partial charge on any atom is 0.0768 e. The molecular weight excluding hydrogens is 168 g/mol. The molecule has 3 heteroatoms. The van der Waals surface area contributed by atoms with E-state index in [1.165, 1.54) is 31.1 Å². The molecule has 0 aromatic rings. The Morgan fingerprint density at radius 1 is 1.50 bits per heavy atom. The Hall–Kier alpha value is -0.330. The van der Waals surface area contributed by atoms with Crippen molar-refractivity contribution >= 4 is 12.6 Å². The summed E-state index contributed by atoms with van der Waals surface area (Å²) < 4.78 is 0. The molecule has 2 nitrogen and oxygen atoms in total. The number of unbranched alkanes of at least 4 members (excludes halogenated alkanes) is 1. The zero-order valence-corrected chi connectivity index (χ0v) is 8.99. The molecular formula is C9H20N2S. The highest BCUT2D eigenvalue weighted by atomic mass is 32.1. The average molecular weight is 188 g/mol. The quantitative estimate of drug-likeness (QED) is 0.524. The van der Waals surface area contributed by atoms with Crippen LogP contribution in [0.2, 0.25) is 0 Å².